The Kier molecular flexibility index (Phi) is 7.08. The van der Waals surface area contributed by atoms with Gasteiger partial charge in [-0.1, -0.05) is 42.5 Å². The Labute approximate surface area is 196 Å². The molecule has 1 saturated heterocycles. The van der Waals surface area contributed by atoms with E-state index in [1.807, 2.05) is 30.3 Å². The highest BCUT2D eigenvalue weighted by atomic mass is 19.1. The number of halogens is 1. The summed E-state index contributed by atoms with van der Waals surface area (Å²) < 4.78 is 24.3. The standard InChI is InChI=1S/C26H24FNO6/c27-19-9-11-20(12-10-19)28-24(18-7-13-21(14-8-18)33-16-23(30)31)25(34-26(28)32)22(29)15-6-17-4-2-1-3-5-17/h1-5,7-14,22,24-25,29H,6,15-16H2,(H,30,31)/t22-,24-,25-/m1/s1. The lowest BCUT2D eigenvalue weighted by Crippen LogP contribution is -2.35. The normalized spacial score (nSPS) is 18.4. The molecule has 3 atom stereocenters. The number of carboxylic acids is 1. The van der Waals surface area contributed by atoms with E-state index >= 15 is 0 Å². The van der Waals surface area contributed by atoms with Crippen molar-refractivity contribution < 1.29 is 33.7 Å². The monoisotopic (exact) mass is 465 g/mol. The zero-order valence-corrected chi connectivity index (χ0v) is 18.2. The Morgan fingerprint density at radius 2 is 1.71 bits per heavy atom. The quantitative estimate of drug-likeness (QED) is 0.488. The third-order valence-electron chi connectivity index (χ3n) is 5.66. The number of amides is 1. The first kappa shape index (κ1) is 23.3. The summed E-state index contributed by atoms with van der Waals surface area (Å²) in [6.07, 6.45) is -1.50. The SMILES string of the molecule is O=C(O)COc1ccc([C@@H]2[C@@H]([C@H](O)CCc3ccccc3)OC(=O)N2c2ccc(F)cc2)cc1. The maximum absolute atomic E-state index is 13.5. The van der Waals surface area contributed by atoms with Crippen LogP contribution in [0.5, 0.6) is 5.75 Å². The van der Waals surface area contributed by atoms with Crippen LogP contribution < -0.4 is 9.64 Å². The van der Waals surface area contributed by atoms with E-state index in [1.165, 1.54) is 29.2 Å². The zero-order valence-electron chi connectivity index (χ0n) is 18.2. The van der Waals surface area contributed by atoms with Crippen LogP contribution in [-0.2, 0) is 16.0 Å². The maximum atomic E-state index is 13.5. The van der Waals surface area contributed by atoms with Gasteiger partial charge in [-0.05, 0) is 60.4 Å². The molecule has 0 spiro atoms. The predicted molar refractivity (Wildman–Crippen MR) is 122 cm³/mol. The van der Waals surface area contributed by atoms with Crippen LogP contribution in [0.4, 0.5) is 14.9 Å². The first-order chi connectivity index (χ1) is 16.4. The minimum absolute atomic E-state index is 0.353. The fourth-order valence-corrected chi connectivity index (χ4v) is 4.02. The number of rotatable bonds is 9. The summed E-state index contributed by atoms with van der Waals surface area (Å²) >= 11 is 0. The number of cyclic esters (lactones) is 1. The lowest BCUT2D eigenvalue weighted by atomic mass is 9.93. The summed E-state index contributed by atoms with van der Waals surface area (Å²) in [5.74, 6) is -1.18. The van der Waals surface area contributed by atoms with E-state index in [1.54, 1.807) is 24.3 Å². The number of hydrogen-bond acceptors (Lipinski definition) is 5. The number of carbonyl (C=O) groups excluding carboxylic acids is 1. The molecule has 2 N–H and O–H groups in total. The molecule has 1 amide bonds. The molecule has 0 radical (unpaired) electrons. The van der Waals surface area contributed by atoms with Gasteiger partial charge < -0.3 is 19.7 Å². The predicted octanol–water partition coefficient (Wildman–Crippen LogP) is 4.35. The summed E-state index contributed by atoms with van der Waals surface area (Å²) in [4.78, 5) is 25.0. The molecule has 0 bridgehead atoms. The molecule has 0 saturated carbocycles. The van der Waals surface area contributed by atoms with Crippen LogP contribution in [0.3, 0.4) is 0 Å². The van der Waals surface area contributed by atoms with E-state index in [-0.39, 0.29) is 0 Å². The van der Waals surface area contributed by atoms with Crippen molar-refractivity contribution in [3.8, 4) is 5.75 Å². The van der Waals surface area contributed by atoms with Crippen molar-refractivity contribution in [2.75, 3.05) is 11.5 Å². The van der Waals surface area contributed by atoms with Gasteiger partial charge in [-0.25, -0.2) is 14.0 Å². The molecular formula is C26H24FNO6. The van der Waals surface area contributed by atoms with Gasteiger partial charge in [0.05, 0.1) is 6.10 Å². The van der Waals surface area contributed by atoms with Crippen molar-refractivity contribution in [3.63, 3.8) is 0 Å². The third-order valence-corrected chi connectivity index (χ3v) is 5.66. The van der Waals surface area contributed by atoms with E-state index in [9.17, 15) is 19.1 Å². The zero-order chi connectivity index (χ0) is 24.1. The fourth-order valence-electron chi connectivity index (χ4n) is 4.02. The van der Waals surface area contributed by atoms with Gasteiger partial charge in [0.2, 0.25) is 0 Å². The summed E-state index contributed by atoms with van der Waals surface area (Å²) in [5.41, 5.74) is 2.14. The summed E-state index contributed by atoms with van der Waals surface area (Å²) in [7, 11) is 0. The van der Waals surface area contributed by atoms with Crippen molar-refractivity contribution in [1.82, 2.24) is 0 Å². The molecule has 4 rings (SSSR count). The second-order valence-corrected chi connectivity index (χ2v) is 7.98. The molecule has 0 aromatic heterocycles. The molecule has 0 aliphatic carbocycles. The van der Waals surface area contributed by atoms with Crippen molar-refractivity contribution in [1.29, 1.82) is 0 Å². The molecule has 176 valence electrons. The molecule has 1 aliphatic rings. The van der Waals surface area contributed by atoms with E-state index in [4.69, 9.17) is 14.6 Å². The fraction of sp³-hybridized carbons (Fsp3) is 0.231. The first-order valence-corrected chi connectivity index (χ1v) is 10.8. The van der Waals surface area contributed by atoms with Crippen LogP contribution in [0.2, 0.25) is 0 Å². The molecule has 1 heterocycles. The maximum Gasteiger partial charge on any atom is 0.415 e. The second-order valence-electron chi connectivity index (χ2n) is 7.98. The van der Waals surface area contributed by atoms with Crippen molar-refractivity contribution in [3.05, 3.63) is 95.8 Å². The van der Waals surface area contributed by atoms with E-state index < -0.39 is 42.7 Å². The molecular weight excluding hydrogens is 441 g/mol. The largest absolute Gasteiger partial charge is 0.482 e. The van der Waals surface area contributed by atoms with Crippen LogP contribution in [-0.4, -0.2) is 41.1 Å². The van der Waals surface area contributed by atoms with Crippen molar-refractivity contribution >= 4 is 17.7 Å². The number of carboxylic acid groups (broad SMARTS) is 1. The van der Waals surface area contributed by atoms with E-state index in [0.717, 1.165) is 5.56 Å². The van der Waals surface area contributed by atoms with Crippen LogP contribution in [0, 0.1) is 5.82 Å². The minimum Gasteiger partial charge on any atom is -0.482 e. The van der Waals surface area contributed by atoms with Crippen LogP contribution >= 0.6 is 0 Å². The number of nitrogens with zero attached hydrogens (tertiary/aromatic N) is 1. The lowest BCUT2D eigenvalue weighted by Gasteiger charge is -2.27. The van der Waals surface area contributed by atoms with Gasteiger partial charge in [-0.15, -0.1) is 0 Å². The van der Waals surface area contributed by atoms with Gasteiger partial charge >= 0.3 is 12.1 Å². The molecule has 34 heavy (non-hydrogen) atoms. The third kappa shape index (κ3) is 5.35. The highest BCUT2D eigenvalue weighted by Crippen LogP contribution is 2.40. The highest BCUT2D eigenvalue weighted by molar-refractivity contribution is 5.91. The number of aliphatic hydroxyl groups excluding tert-OH is 1. The van der Waals surface area contributed by atoms with Crippen molar-refractivity contribution in [2.45, 2.75) is 31.1 Å². The smallest absolute Gasteiger partial charge is 0.415 e. The molecule has 0 unspecified atom stereocenters. The molecule has 1 aliphatic heterocycles. The Hall–Kier alpha value is -3.91. The Balaban J connectivity index is 1.61. The van der Waals surface area contributed by atoms with Gasteiger partial charge in [-0.3, -0.25) is 4.90 Å². The number of ether oxygens (including phenoxy) is 2. The lowest BCUT2D eigenvalue weighted by molar-refractivity contribution is -0.139. The molecule has 1 fully saturated rings. The van der Waals surface area contributed by atoms with Gasteiger partial charge in [0.15, 0.2) is 12.7 Å². The first-order valence-electron chi connectivity index (χ1n) is 10.8. The average molecular weight is 465 g/mol. The van der Waals surface area contributed by atoms with Gasteiger partial charge in [0.25, 0.3) is 0 Å². The Morgan fingerprint density at radius 1 is 1.03 bits per heavy atom. The van der Waals surface area contributed by atoms with Crippen LogP contribution in [0.1, 0.15) is 23.6 Å². The molecule has 8 heteroatoms. The molecule has 3 aromatic rings. The number of carbonyl (C=O) groups is 2. The number of aliphatic hydroxyl groups is 1. The minimum atomic E-state index is -1.09. The average Bonchev–Trinajstić information content (AvgIpc) is 3.19. The second kappa shape index (κ2) is 10.4. The summed E-state index contributed by atoms with van der Waals surface area (Å²) in [5, 5.41) is 19.8. The van der Waals surface area contributed by atoms with Crippen LogP contribution in [0.15, 0.2) is 78.9 Å². The summed E-state index contributed by atoms with van der Waals surface area (Å²) in [6.45, 7) is -0.479. The highest BCUT2D eigenvalue weighted by Gasteiger charge is 2.46. The van der Waals surface area contributed by atoms with Crippen LogP contribution in [0.25, 0.3) is 0 Å². The Morgan fingerprint density at radius 3 is 2.35 bits per heavy atom. The number of aryl methyl sites for hydroxylation is 1. The number of hydrogen-bond donors (Lipinski definition) is 2. The number of benzene rings is 3. The number of anilines is 1. The molecule has 3 aromatic carbocycles. The van der Waals surface area contributed by atoms with Gasteiger partial charge in [0.1, 0.15) is 17.6 Å². The van der Waals surface area contributed by atoms with E-state index in [0.29, 0.717) is 29.8 Å². The number of aliphatic carboxylic acids is 1. The van der Waals surface area contributed by atoms with Gasteiger partial charge in [0, 0.05) is 5.69 Å². The Bertz CT molecular complexity index is 1120. The van der Waals surface area contributed by atoms with Crippen molar-refractivity contribution in [2.24, 2.45) is 0 Å². The summed E-state index contributed by atoms with van der Waals surface area (Å²) in [6, 6.07) is 21.0. The molecule has 7 nitrogen and oxygen atoms in total. The topological polar surface area (TPSA) is 96.3 Å². The van der Waals surface area contributed by atoms with Gasteiger partial charge in [-0.2, -0.15) is 0 Å². The van der Waals surface area contributed by atoms with E-state index in [2.05, 4.69) is 0 Å².